The van der Waals surface area contributed by atoms with Gasteiger partial charge in [-0.05, 0) is 6.42 Å². The summed E-state index contributed by atoms with van der Waals surface area (Å²) in [4.78, 5) is 0. The van der Waals surface area contributed by atoms with Crippen molar-refractivity contribution in [2.45, 2.75) is 26.3 Å². The molecule has 0 N–H and O–H groups in total. The van der Waals surface area contributed by atoms with E-state index < -0.39 is 0 Å². The van der Waals surface area contributed by atoms with Crippen LogP contribution in [0.3, 0.4) is 0 Å². The summed E-state index contributed by atoms with van der Waals surface area (Å²) >= 11 is 4.37. The Morgan fingerprint density at radius 1 is 1.56 bits per heavy atom. The SMILES string of the molecule is CCCCN(S)[SiH2][SiH2]C. The molecule has 0 aliphatic heterocycles. The average Bonchev–Trinajstić information content (AvgIpc) is 1.85. The van der Waals surface area contributed by atoms with Gasteiger partial charge in [-0.25, -0.2) is 0 Å². The summed E-state index contributed by atoms with van der Waals surface area (Å²) in [7, 11) is 0.489. The average molecular weight is 179 g/mol. The molecule has 0 aliphatic rings. The first kappa shape index (κ1) is 9.74. The van der Waals surface area contributed by atoms with E-state index in [1.165, 1.54) is 19.4 Å². The smallest absolute Gasteiger partial charge is 0.0928 e. The summed E-state index contributed by atoms with van der Waals surface area (Å²) < 4.78 is 2.29. The molecular weight excluding hydrogens is 162 g/mol. The predicted molar refractivity (Wildman–Crippen MR) is 53.6 cm³/mol. The van der Waals surface area contributed by atoms with E-state index >= 15 is 0 Å². The quantitative estimate of drug-likeness (QED) is 0.464. The second-order valence-electron chi connectivity index (χ2n) is 2.31. The molecule has 0 saturated carbocycles. The van der Waals surface area contributed by atoms with E-state index in [0.717, 1.165) is 0 Å². The molecule has 0 aromatic heterocycles. The van der Waals surface area contributed by atoms with E-state index in [0.29, 0.717) is 9.04 Å². The predicted octanol–water partition coefficient (Wildman–Crippen LogP) is 0.149. The van der Waals surface area contributed by atoms with Crippen LogP contribution in [0.2, 0.25) is 6.55 Å². The molecule has 0 rings (SSSR count). The topological polar surface area (TPSA) is 3.24 Å². The van der Waals surface area contributed by atoms with E-state index in [1.54, 1.807) is 0 Å². The molecule has 0 atom stereocenters. The number of nitrogens with zero attached hydrogens (tertiary/aromatic N) is 1. The monoisotopic (exact) mass is 179 g/mol. The van der Waals surface area contributed by atoms with Crippen LogP contribution in [0.25, 0.3) is 0 Å². The molecule has 0 heterocycles. The molecule has 0 aromatic rings. The molecule has 9 heavy (non-hydrogen) atoms. The zero-order valence-electron chi connectivity index (χ0n) is 6.43. The number of thiol groups is 1. The maximum absolute atomic E-state index is 4.37. The molecule has 0 aliphatic carbocycles. The maximum atomic E-state index is 4.37. The van der Waals surface area contributed by atoms with Crippen molar-refractivity contribution in [2.75, 3.05) is 6.54 Å². The van der Waals surface area contributed by atoms with Crippen LogP contribution < -0.4 is 0 Å². The Morgan fingerprint density at radius 2 is 2.22 bits per heavy atom. The fraction of sp³-hybridized carbons (Fsp3) is 1.00. The Kier molecular flexibility index (Phi) is 7.42. The van der Waals surface area contributed by atoms with E-state index in [-0.39, 0.29) is 9.20 Å². The highest BCUT2D eigenvalue weighted by Gasteiger charge is 1.94. The van der Waals surface area contributed by atoms with Gasteiger partial charge in [-0.1, -0.05) is 19.9 Å². The van der Waals surface area contributed by atoms with Crippen molar-refractivity contribution in [1.29, 1.82) is 0 Å². The first-order valence-corrected chi connectivity index (χ1v) is 10.2. The molecule has 56 valence electrons. The van der Waals surface area contributed by atoms with E-state index in [2.05, 4.69) is 30.3 Å². The lowest BCUT2D eigenvalue weighted by Gasteiger charge is -2.11. The zero-order valence-corrected chi connectivity index (χ0v) is 10.2. The highest BCUT2D eigenvalue weighted by molar-refractivity contribution is 7.79. The van der Waals surface area contributed by atoms with Crippen LogP contribution in [-0.4, -0.2) is 28.8 Å². The number of hydrogen-bond acceptors (Lipinski definition) is 2. The summed E-state index contributed by atoms with van der Waals surface area (Å²) in [6, 6.07) is 0. The van der Waals surface area contributed by atoms with Gasteiger partial charge in [0.25, 0.3) is 0 Å². The van der Waals surface area contributed by atoms with E-state index in [4.69, 9.17) is 0 Å². The van der Waals surface area contributed by atoms with Gasteiger partial charge in [-0.2, -0.15) is 0 Å². The van der Waals surface area contributed by atoms with Gasteiger partial charge in [-0.15, -0.1) is 12.8 Å². The second-order valence-corrected chi connectivity index (χ2v) is 9.96. The molecule has 0 bridgehead atoms. The first-order chi connectivity index (χ1) is 4.31. The summed E-state index contributed by atoms with van der Waals surface area (Å²) in [6.45, 7) is 5.83. The van der Waals surface area contributed by atoms with Gasteiger partial charge in [0.05, 0.1) is 9.20 Å². The van der Waals surface area contributed by atoms with Crippen molar-refractivity contribution in [2.24, 2.45) is 0 Å². The van der Waals surface area contributed by atoms with Crippen LogP contribution in [-0.2, 0) is 0 Å². The number of hydrogen-bond donors (Lipinski definition) is 1. The van der Waals surface area contributed by atoms with Crippen LogP contribution in [0, 0.1) is 0 Å². The lowest BCUT2D eigenvalue weighted by molar-refractivity contribution is 0.650. The van der Waals surface area contributed by atoms with Gasteiger partial charge in [-0.3, -0.25) is 3.97 Å². The molecule has 0 unspecified atom stereocenters. The largest absolute Gasteiger partial charge is 0.284 e. The highest BCUT2D eigenvalue weighted by atomic mass is 32.1. The Balaban J connectivity index is 2.95. The van der Waals surface area contributed by atoms with Gasteiger partial charge in [0.15, 0.2) is 0 Å². The summed E-state index contributed by atoms with van der Waals surface area (Å²) in [6.07, 6.45) is 2.63. The Bertz CT molecular complexity index is 62.9. The number of rotatable bonds is 5. The molecule has 0 spiro atoms. The van der Waals surface area contributed by atoms with E-state index in [1.807, 2.05) is 0 Å². The van der Waals surface area contributed by atoms with Gasteiger partial charge < -0.3 is 0 Å². The van der Waals surface area contributed by atoms with Crippen molar-refractivity contribution in [1.82, 2.24) is 3.97 Å². The van der Waals surface area contributed by atoms with Crippen LogP contribution in [0.1, 0.15) is 19.8 Å². The third-order valence-electron chi connectivity index (χ3n) is 1.25. The summed E-state index contributed by atoms with van der Waals surface area (Å²) in [5, 5.41) is 0. The summed E-state index contributed by atoms with van der Waals surface area (Å²) in [5.41, 5.74) is 0. The van der Waals surface area contributed by atoms with Crippen LogP contribution in [0.4, 0.5) is 0 Å². The fourth-order valence-electron chi connectivity index (χ4n) is 0.711. The molecule has 0 saturated heterocycles. The molecule has 0 aromatic carbocycles. The fourth-order valence-corrected chi connectivity index (χ4v) is 5.83. The van der Waals surface area contributed by atoms with Crippen molar-refractivity contribution in [3.05, 3.63) is 0 Å². The number of unbranched alkanes of at least 4 members (excludes halogenated alkanes) is 1. The molecule has 1 nitrogen and oxygen atoms in total. The minimum absolute atomic E-state index is 0.162. The standard InChI is InChI=1S/C5H17NSSi2/c1-3-4-5-6(7)9-8-2/h7H,3-5,8-9H2,1-2H3. The lowest BCUT2D eigenvalue weighted by Crippen LogP contribution is -2.22. The Labute approximate surface area is 68.3 Å². The lowest BCUT2D eigenvalue weighted by atomic mass is 10.3. The van der Waals surface area contributed by atoms with Gasteiger partial charge >= 0.3 is 0 Å². The van der Waals surface area contributed by atoms with Crippen LogP contribution >= 0.6 is 12.8 Å². The molecule has 0 amide bonds. The van der Waals surface area contributed by atoms with Crippen LogP contribution in [0.15, 0.2) is 0 Å². The molecule has 0 fully saturated rings. The third kappa shape index (κ3) is 6.63. The third-order valence-corrected chi connectivity index (χ3v) is 7.42. The van der Waals surface area contributed by atoms with Gasteiger partial charge in [0, 0.05) is 15.6 Å². The minimum Gasteiger partial charge on any atom is -0.284 e. The maximum Gasteiger partial charge on any atom is 0.0928 e. The zero-order chi connectivity index (χ0) is 7.11. The van der Waals surface area contributed by atoms with Crippen LogP contribution in [0.5, 0.6) is 0 Å². The summed E-state index contributed by atoms with van der Waals surface area (Å²) in [5.74, 6) is 0. The van der Waals surface area contributed by atoms with E-state index in [9.17, 15) is 0 Å². The Morgan fingerprint density at radius 3 is 2.67 bits per heavy atom. The second kappa shape index (κ2) is 6.86. The van der Waals surface area contributed by atoms with Crippen molar-refractivity contribution < 1.29 is 0 Å². The highest BCUT2D eigenvalue weighted by Crippen LogP contribution is 1.94. The Hall–Kier alpha value is 0.744. The van der Waals surface area contributed by atoms with Crippen molar-refractivity contribution >= 4 is 31.1 Å². The molecular formula is C5H17NSSi2. The molecule has 0 radical (unpaired) electrons. The normalized spacial score (nSPS) is 13.3. The van der Waals surface area contributed by atoms with Crippen molar-refractivity contribution in [3.8, 4) is 0 Å². The van der Waals surface area contributed by atoms with Gasteiger partial charge in [0.2, 0.25) is 0 Å². The van der Waals surface area contributed by atoms with Crippen molar-refractivity contribution in [3.63, 3.8) is 0 Å². The molecule has 4 heteroatoms. The first-order valence-electron chi connectivity index (χ1n) is 3.75. The minimum atomic E-state index is 0.162. The van der Waals surface area contributed by atoms with Gasteiger partial charge in [0.1, 0.15) is 0 Å².